The number of benzene rings is 2. The normalized spacial score (nSPS) is 15.7. The number of nitrogens with zero attached hydrogens (tertiary/aromatic N) is 2. The monoisotopic (exact) mass is 445 g/mol. The van der Waals surface area contributed by atoms with Gasteiger partial charge in [0.05, 0.1) is 11.9 Å². The van der Waals surface area contributed by atoms with Gasteiger partial charge in [-0.05, 0) is 50.6 Å². The Bertz CT molecular complexity index is 982. The van der Waals surface area contributed by atoms with Crippen molar-refractivity contribution < 1.29 is 17.9 Å². The van der Waals surface area contributed by atoms with Crippen LogP contribution < -0.4 is 10.1 Å². The molecule has 31 heavy (non-hydrogen) atoms. The lowest BCUT2D eigenvalue weighted by atomic mass is 10.1. The number of nitrogens with one attached hydrogen (secondary N) is 1. The molecule has 168 valence electrons. The first-order valence-corrected chi connectivity index (χ1v) is 12.2. The molecule has 2 aromatic rings. The summed E-state index contributed by atoms with van der Waals surface area (Å²) >= 11 is 0. The Balaban J connectivity index is 1.54. The van der Waals surface area contributed by atoms with Gasteiger partial charge in [0.2, 0.25) is 10.0 Å². The lowest BCUT2D eigenvalue weighted by molar-refractivity contribution is 0.102. The Kier molecular flexibility index (Phi) is 7.69. The second kappa shape index (κ2) is 10.3. The van der Waals surface area contributed by atoms with Gasteiger partial charge in [-0.25, -0.2) is 8.42 Å². The molecule has 0 radical (unpaired) electrons. The Hall–Kier alpha value is -2.42. The quantitative estimate of drug-likeness (QED) is 0.675. The van der Waals surface area contributed by atoms with E-state index in [0.29, 0.717) is 37.4 Å². The molecule has 1 amide bonds. The fourth-order valence-corrected chi connectivity index (χ4v) is 4.58. The van der Waals surface area contributed by atoms with Crippen LogP contribution in [0.4, 0.5) is 5.69 Å². The third kappa shape index (κ3) is 6.53. The molecule has 0 unspecified atom stereocenters. The van der Waals surface area contributed by atoms with Crippen molar-refractivity contribution in [1.82, 2.24) is 9.21 Å². The molecule has 0 aliphatic carbocycles. The Morgan fingerprint density at radius 2 is 1.74 bits per heavy atom. The SMILES string of the molecule is CCS(=O)(=O)N1CCN(Cc2ccc(C(=O)Nc3cccc(OC(C)C)c3)cc2)CC1. The Labute approximate surface area is 185 Å². The second-order valence-corrected chi connectivity index (χ2v) is 10.2. The number of carbonyl (C=O) groups is 1. The predicted octanol–water partition coefficient (Wildman–Crippen LogP) is 3.19. The highest BCUT2D eigenvalue weighted by Crippen LogP contribution is 2.19. The van der Waals surface area contributed by atoms with Crippen LogP contribution in [0, 0.1) is 0 Å². The maximum absolute atomic E-state index is 12.6. The molecule has 1 heterocycles. The first kappa shape index (κ1) is 23.2. The molecule has 1 N–H and O–H groups in total. The molecule has 1 aliphatic rings. The van der Waals surface area contributed by atoms with Gasteiger partial charge in [0, 0.05) is 50.0 Å². The van der Waals surface area contributed by atoms with E-state index in [1.165, 1.54) is 0 Å². The Morgan fingerprint density at radius 3 is 2.35 bits per heavy atom. The molecule has 2 aromatic carbocycles. The van der Waals surface area contributed by atoms with E-state index >= 15 is 0 Å². The molecule has 7 nitrogen and oxygen atoms in total. The van der Waals surface area contributed by atoms with Crippen LogP contribution in [0.1, 0.15) is 36.7 Å². The number of hydrogen-bond acceptors (Lipinski definition) is 5. The maximum atomic E-state index is 12.6. The highest BCUT2D eigenvalue weighted by Gasteiger charge is 2.25. The van der Waals surface area contributed by atoms with Gasteiger partial charge in [0.15, 0.2) is 0 Å². The van der Waals surface area contributed by atoms with Crippen molar-refractivity contribution in [3.05, 3.63) is 59.7 Å². The van der Waals surface area contributed by atoms with Crippen LogP contribution in [-0.4, -0.2) is 61.6 Å². The van der Waals surface area contributed by atoms with E-state index in [0.717, 1.165) is 17.9 Å². The summed E-state index contributed by atoms with van der Waals surface area (Å²) in [5, 5.41) is 2.91. The van der Waals surface area contributed by atoms with Crippen LogP contribution in [0.2, 0.25) is 0 Å². The summed E-state index contributed by atoms with van der Waals surface area (Å²) in [5.41, 5.74) is 2.36. The molecule has 1 fully saturated rings. The van der Waals surface area contributed by atoms with E-state index in [4.69, 9.17) is 4.74 Å². The minimum absolute atomic E-state index is 0.0671. The zero-order chi connectivity index (χ0) is 22.4. The summed E-state index contributed by atoms with van der Waals surface area (Å²) in [6, 6.07) is 14.9. The lowest BCUT2D eigenvalue weighted by Gasteiger charge is -2.33. The topological polar surface area (TPSA) is 79.0 Å². The summed E-state index contributed by atoms with van der Waals surface area (Å²) in [5.74, 6) is 0.688. The van der Waals surface area contributed by atoms with Crippen LogP contribution in [0.25, 0.3) is 0 Å². The molecular weight excluding hydrogens is 414 g/mol. The van der Waals surface area contributed by atoms with E-state index in [-0.39, 0.29) is 17.8 Å². The van der Waals surface area contributed by atoms with Gasteiger partial charge in [-0.15, -0.1) is 0 Å². The van der Waals surface area contributed by atoms with Crippen LogP contribution >= 0.6 is 0 Å². The number of hydrogen-bond donors (Lipinski definition) is 1. The molecule has 8 heteroatoms. The van der Waals surface area contributed by atoms with Crippen molar-refractivity contribution in [2.24, 2.45) is 0 Å². The lowest BCUT2D eigenvalue weighted by Crippen LogP contribution is -2.48. The summed E-state index contributed by atoms with van der Waals surface area (Å²) in [6.07, 6.45) is 0.0671. The minimum Gasteiger partial charge on any atom is -0.491 e. The molecule has 0 bridgehead atoms. The largest absolute Gasteiger partial charge is 0.491 e. The third-order valence-corrected chi connectivity index (χ3v) is 7.06. The highest BCUT2D eigenvalue weighted by atomic mass is 32.2. The predicted molar refractivity (Wildman–Crippen MR) is 123 cm³/mol. The van der Waals surface area contributed by atoms with Crippen molar-refractivity contribution in [2.45, 2.75) is 33.4 Å². The number of carbonyl (C=O) groups excluding carboxylic acids is 1. The van der Waals surface area contributed by atoms with E-state index in [2.05, 4.69) is 10.2 Å². The van der Waals surface area contributed by atoms with Crippen molar-refractivity contribution in [1.29, 1.82) is 0 Å². The molecule has 0 aromatic heterocycles. The van der Waals surface area contributed by atoms with E-state index in [1.807, 2.05) is 62.4 Å². The fourth-order valence-electron chi connectivity index (χ4n) is 3.49. The Morgan fingerprint density at radius 1 is 1.06 bits per heavy atom. The summed E-state index contributed by atoms with van der Waals surface area (Å²) in [7, 11) is -3.11. The average Bonchev–Trinajstić information content (AvgIpc) is 2.74. The van der Waals surface area contributed by atoms with Gasteiger partial charge in [-0.2, -0.15) is 4.31 Å². The smallest absolute Gasteiger partial charge is 0.255 e. The van der Waals surface area contributed by atoms with Crippen molar-refractivity contribution in [3.63, 3.8) is 0 Å². The van der Waals surface area contributed by atoms with Gasteiger partial charge in [0.1, 0.15) is 5.75 Å². The first-order valence-electron chi connectivity index (χ1n) is 10.6. The van der Waals surface area contributed by atoms with E-state index in [9.17, 15) is 13.2 Å². The summed E-state index contributed by atoms with van der Waals surface area (Å²) in [6.45, 7) is 8.78. The zero-order valence-corrected chi connectivity index (χ0v) is 19.2. The average molecular weight is 446 g/mol. The van der Waals surface area contributed by atoms with E-state index < -0.39 is 10.0 Å². The van der Waals surface area contributed by atoms with Crippen LogP contribution in [-0.2, 0) is 16.6 Å². The van der Waals surface area contributed by atoms with Crippen molar-refractivity contribution in [3.8, 4) is 5.75 Å². The third-order valence-electron chi connectivity index (χ3n) is 5.18. The van der Waals surface area contributed by atoms with Gasteiger partial charge >= 0.3 is 0 Å². The molecule has 3 rings (SSSR count). The first-order chi connectivity index (χ1) is 14.8. The molecule has 0 saturated carbocycles. The minimum atomic E-state index is -3.11. The number of piperazine rings is 1. The number of anilines is 1. The number of rotatable bonds is 8. The van der Waals surface area contributed by atoms with Gasteiger partial charge in [0.25, 0.3) is 5.91 Å². The molecule has 1 saturated heterocycles. The standard InChI is InChI=1S/C23H31N3O4S/c1-4-31(28,29)26-14-12-25(13-15-26)17-19-8-10-20(11-9-19)23(27)24-21-6-5-7-22(16-21)30-18(2)3/h5-11,16,18H,4,12-15,17H2,1-3H3,(H,24,27). The maximum Gasteiger partial charge on any atom is 0.255 e. The highest BCUT2D eigenvalue weighted by molar-refractivity contribution is 7.89. The summed E-state index contributed by atoms with van der Waals surface area (Å²) < 4.78 is 31.2. The number of ether oxygens (including phenoxy) is 1. The number of amides is 1. The van der Waals surface area contributed by atoms with Crippen LogP contribution in [0.5, 0.6) is 5.75 Å². The number of sulfonamides is 1. The summed E-state index contributed by atoms with van der Waals surface area (Å²) in [4.78, 5) is 14.8. The van der Waals surface area contributed by atoms with Crippen LogP contribution in [0.3, 0.4) is 0 Å². The fraction of sp³-hybridized carbons (Fsp3) is 0.435. The van der Waals surface area contributed by atoms with Crippen LogP contribution in [0.15, 0.2) is 48.5 Å². The van der Waals surface area contributed by atoms with Crippen molar-refractivity contribution in [2.75, 3.05) is 37.2 Å². The van der Waals surface area contributed by atoms with Crippen molar-refractivity contribution >= 4 is 21.6 Å². The van der Waals surface area contributed by atoms with Gasteiger partial charge < -0.3 is 10.1 Å². The zero-order valence-electron chi connectivity index (χ0n) is 18.4. The van der Waals surface area contributed by atoms with E-state index in [1.54, 1.807) is 11.2 Å². The van der Waals surface area contributed by atoms with Gasteiger partial charge in [-0.3, -0.25) is 9.69 Å². The molecule has 1 aliphatic heterocycles. The molecule has 0 atom stereocenters. The van der Waals surface area contributed by atoms with Gasteiger partial charge in [-0.1, -0.05) is 18.2 Å². The second-order valence-electron chi connectivity index (χ2n) is 7.92. The molecular formula is C23H31N3O4S. The molecule has 0 spiro atoms.